The lowest BCUT2D eigenvalue weighted by Crippen LogP contribution is -2.48. The summed E-state index contributed by atoms with van der Waals surface area (Å²) < 4.78 is 0. The minimum atomic E-state index is -1.31. The van der Waals surface area contributed by atoms with Gasteiger partial charge >= 0.3 is 0 Å². The van der Waals surface area contributed by atoms with Crippen LogP contribution in [0.2, 0.25) is 0 Å². The fourth-order valence-corrected chi connectivity index (χ4v) is 2.62. The lowest BCUT2D eigenvalue weighted by molar-refractivity contribution is -0.139. The molecule has 2 amide bonds. The Kier molecular flexibility index (Phi) is 4.32. The first kappa shape index (κ1) is 16.7. The average molecular weight is 282 g/mol. The molecule has 1 heterocycles. The Morgan fingerprint density at radius 2 is 1.70 bits per heavy atom. The van der Waals surface area contributed by atoms with Crippen molar-refractivity contribution in [3.8, 4) is 0 Å². The van der Waals surface area contributed by atoms with Crippen molar-refractivity contribution in [2.75, 3.05) is 6.54 Å². The number of amides is 2. The van der Waals surface area contributed by atoms with Crippen LogP contribution in [0.1, 0.15) is 48.0 Å². The maximum Gasteiger partial charge on any atom is 0.243 e. The molecule has 1 aliphatic heterocycles. The van der Waals surface area contributed by atoms with E-state index in [4.69, 9.17) is 5.73 Å². The third-order valence-electron chi connectivity index (χ3n) is 4.06. The highest BCUT2D eigenvalue weighted by Crippen LogP contribution is 2.36. The molecule has 5 nitrogen and oxygen atoms in total. The van der Waals surface area contributed by atoms with E-state index in [9.17, 15) is 14.4 Å². The monoisotopic (exact) mass is 282 g/mol. The molecule has 0 aliphatic carbocycles. The van der Waals surface area contributed by atoms with E-state index >= 15 is 0 Å². The van der Waals surface area contributed by atoms with Crippen LogP contribution in [-0.4, -0.2) is 35.1 Å². The Morgan fingerprint density at radius 3 is 2.05 bits per heavy atom. The van der Waals surface area contributed by atoms with Gasteiger partial charge in [0.15, 0.2) is 11.7 Å². The Hall–Kier alpha value is -1.39. The summed E-state index contributed by atoms with van der Waals surface area (Å²) in [7, 11) is 0. The van der Waals surface area contributed by atoms with E-state index in [0.29, 0.717) is 6.54 Å². The van der Waals surface area contributed by atoms with Crippen LogP contribution in [0.3, 0.4) is 0 Å². The van der Waals surface area contributed by atoms with Gasteiger partial charge in [0.25, 0.3) is 0 Å². The number of hydrogen-bond donors (Lipinski definition) is 1. The summed E-state index contributed by atoms with van der Waals surface area (Å²) in [4.78, 5) is 37.8. The zero-order valence-corrected chi connectivity index (χ0v) is 13.3. The van der Waals surface area contributed by atoms with Gasteiger partial charge in [0, 0.05) is 6.54 Å². The van der Waals surface area contributed by atoms with E-state index in [1.807, 2.05) is 41.5 Å². The Morgan fingerprint density at radius 1 is 1.20 bits per heavy atom. The lowest BCUT2D eigenvalue weighted by Gasteiger charge is -2.38. The Bertz CT molecular complexity index is 435. The number of nitrogens with two attached hydrogens (primary N) is 1. The van der Waals surface area contributed by atoms with Crippen molar-refractivity contribution in [3.05, 3.63) is 0 Å². The zero-order valence-electron chi connectivity index (χ0n) is 13.3. The standard InChI is InChI=1S/C15H26N2O3/c1-7-15(5,6)8-17-11(14(2,3)4)10(18)9(12(16)19)13(17)20/h9,11H,7-8H2,1-6H3,(H2,16,19). The van der Waals surface area contributed by atoms with Crippen LogP contribution in [0.4, 0.5) is 0 Å². The van der Waals surface area contributed by atoms with Crippen molar-refractivity contribution in [3.63, 3.8) is 0 Å². The maximum absolute atomic E-state index is 12.4. The van der Waals surface area contributed by atoms with Crippen LogP contribution >= 0.6 is 0 Å². The molecule has 2 N–H and O–H groups in total. The molecule has 114 valence electrons. The van der Waals surface area contributed by atoms with Gasteiger partial charge in [0.2, 0.25) is 11.8 Å². The van der Waals surface area contributed by atoms with Crippen molar-refractivity contribution in [1.82, 2.24) is 4.90 Å². The van der Waals surface area contributed by atoms with E-state index in [0.717, 1.165) is 6.42 Å². The first-order chi connectivity index (χ1) is 8.92. The van der Waals surface area contributed by atoms with Gasteiger partial charge < -0.3 is 10.6 Å². The highest BCUT2D eigenvalue weighted by atomic mass is 16.2. The molecule has 1 fully saturated rings. The third-order valence-corrected chi connectivity index (χ3v) is 4.06. The molecule has 1 saturated heterocycles. The topological polar surface area (TPSA) is 80.5 Å². The number of carbonyl (C=O) groups excluding carboxylic acids is 3. The second-order valence-electron chi connectivity index (χ2n) is 7.49. The number of Topliss-reactive ketones (excluding diaryl/α,β-unsaturated/α-hetero) is 1. The first-order valence-electron chi connectivity index (χ1n) is 7.06. The van der Waals surface area contributed by atoms with E-state index in [-0.39, 0.29) is 11.2 Å². The summed E-state index contributed by atoms with van der Waals surface area (Å²) in [5.74, 6) is -2.95. The molecule has 1 aliphatic rings. The number of carbonyl (C=O) groups is 3. The molecular weight excluding hydrogens is 256 g/mol. The van der Waals surface area contributed by atoms with Gasteiger partial charge in [-0.1, -0.05) is 41.5 Å². The number of likely N-dealkylation sites (tertiary alicyclic amines) is 1. The molecule has 2 unspecified atom stereocenters. The molecule has 0 aromatic carbocycles. The number of rotatable bonds is 4. The minimum Gasteiger partial charge on any atom is -0.369 e. The lowest BCUT2D eigenvalue weighted by atomic mass is 9.81. The predicted molar refractivity (Wildman–Crippen MR) is 76.7 cm³/mol. The fourth-order valence-electron chi connectivity index (χ4n) is 2.62. The summed E-state index contributed by atoms with van der Waals surface area (Å²) >= 11 is 0. The van der Waals surface area contributed by atoms with Crippen molar-refractivity contribution < 1.29 is 14.4 Å². The molecule has 0 radical (unpaired) electrons. The van der Waals surface area contributed by atoms with Crippen molar-refractivity contribution in [2.45, 2.75) is 54.0 Å². The highest BCUT2D eigenvalue weighted by Gasteiger charge is 2.54. The smallest absolute Gasteiger partial charge is 0.243 e. The normalized spacial score (nSPS) is 24.4. The number of ketones is 1. The minimum absolute atomic E-state index is 0.105. The molecule has 0 aromatic rings. The van der Waals surface area contributed by atoms with E-state index in [1.165, 1.54) is 0 Å². The zero-order chi connectivity index (χ0) is 15.9. The molecule has 0 spiro atoms. The van der Waals surface area contributed by atoms with Crippen LogP contribution < -0.4 is 5.73 Å². The number of hydrogen-bond acceptors (Lipinski definition) is 3. The van der Waals surface area contributed by atoms with Crippen LogP contribution in [0.15, 0.2) is 0 Å². The van der Waals surface area contributed by atoms with Crippen LogP contribution in [0, 0.1) is 16.7 Å². The largest absolute Gasteiger partial charge is 0.369 e. The fraction of sp³-hybridized carbons (Fsp3) is 0.800. The highest BCUT2D eigenvalue weighted by molar-refractivity contribution is 6.23. The van der Waals surface area contributed by atoms with Crippen LogP contribution in [-0.2, 0) is 14.4 Å². The van der Waals surface area contributed by atoms with Crippen molar-refractivity contribution in [1.29, 1.82) is 0 Å². The van der Waals surface area contributed by atoms with Crippen molar-refractivity contribution >= 4 is 17.6 Å². The molecule has 0 saturated carbocycles. The average Bonchev–Trinajstić information content (AvgIpc) is 2.49. The molecule has 1 rings (SSSR count). The third kappa shape index (κ3) is 3.02. The van der Waals surface area contributed by atoms with E-state index in [2.05, 4.69) is 0 Å². The van der Waals surface area contributed by atoms with Gasteiger partial charge in [-0.25, -0.2) is 0 Å². The van der Waals surface area contributed by atoms with Gasteiger partial charge in [-0.05, 0) is 17.3 Å². The molecule has 5 heteroatoms. The van der Waals surface area contributed by atoms with Crippen molar-refractivity contribution in [2.24, 2.45) is 22.5 Å². The Balaban J connectivity index is 3.20. The summed E-state index contributed by atoms with van der Waals surface area (Å²) in [6.07, 6.45) is 0.878. The first-order valence-corrected chi connectivity index (χ1v) is 7.06. The van der Waals surface area contributed by atoms with Gasteiger partial charge in [-0.15, -0.1) is 0 Å². The molecule has 0 bridgehead atoms. The summed E-state index contributed by atoms with van der Waals surface area (Å²) in [6, 6.07) is -0.585. The molecule has 2 atom stereocenters. The van der Waals surface area contributed by atoms with Gasteiger partial charge in [-0.2, -0.15) is 0 Å². The number of primary amides is 1. The number of nitrogens with zero attached hydrogens (tertiary/aromatic N) is 1. The summed E-state index contributed by atoms with van der Waals surface area (Å²) in [5.41, 5.74) is 4.71. The maximum atomic E-state index is 12.4. The van der Waals surface area contributed by atoms with Gasteiger partial charge in [-0.3, -0.25) is 14.4 Å². The quantitative estimate of drug-likeness (QED) is 0.790. The van der Waals surface area contributed by atoms with Gasteiger partial charge in [0.05, 0.1) is 6.04 Å². The Labute approximate surface area is 120 Å². The molecular formula is C15H26N2O3. The van der Waals surface area contributed by atoms with E-state index < -0.39 is 29.2 Å². The second kappa shape index (κ2) is 5.19. The summed E-state index contributed by atoms with van der Waals surface area (Å²) in [5, 5.41) is 0. The molecule has 0 aromatic heterocycles. The molecule has 20 heavy (non-hydrogen) atoms. The summed E-state index contributed by atoms with van der Waals surface area (Å²) in [6.45, 7) is 12.3. The predicted octanol–water partition coefficient (Wildman–Crippen LogP) is 1.35. The van der Waals surface area contributed by atoms with Gasteiger partial charge in [0.1, 0.15) is 0 Å². The van der Waals surface area contributed by atoms with E-state index in [1.54, 1.807) is 4.90 Å². The van der Waals surface area contributed by atoms with Crippen LogP contribution in [0.5, 0.6) is 0 Å². The van der Waals surface area contributed by atoms with Crippen LogP contribution in [0.25, 0.3) is 0 Å². The SMILES string of the molecule is CCC(C)(C)CN1C(=O)C(C(N)=O)C(=O)C1C(C)(C)C. The second-order valence-corrected chi connectivity index (χ2v) is 7.49.